The molecule has 1 amide bonds. The van der Waals surface area contributed by atoms with Crippen LogP contribution < -0.4 is 10.1 Å². The van der Waals surface area contributed by atoms with Crippen molar-refractivity contribution >= 4 is 43.0 Å². The fourth-order valence-corrected chi connectivity index (χ4v) is 6.10. The van der Waals surface area contributed by atoms with E-state index in [1.54, 1.807) is 31.2 Å². The summed E-state index contributed by atoms with van der Waals surface area (Å²) >= 11 is 1.18. The van der Waals surface area contributed by atoms with Crippen LogP contribution in [0.1, 0.15) is 29.4 Å². The van der Waals surface area contributed by atoms with Gasteiger partial charge in [-0.25, -0.2) is 12.8 Å². The van der Waals surface area contributed by atoms with Crippen molar-refractivity contribution in [2.24, 2.45) is 0 Å². The van der Waals surface area contributed by atoms with Crippen LogP contribution >= 0.6 is 11.3 Å². The van der Waals surface area contributed by atoms with Gasteiger partial charge in [-0.15, -0.1) is 11.3 Å². The highest BCUT2D eigenvalue weighted by molar-refractivity contribution is 7.89. The van der Waals surface area contributed by atoms with E-state index < -0.39 is 15.9 Å². The van der Waals surface area contributed by atoms with Crippen molar-refractivity contribution in [3.05, 3.63) is 53.2 Å². The third kappa shape index (κ3) is 3.92. The largest absolute Gasteiger partial charge is 0.492 e. The molecule has 1 aromatic heterocycles. The van der Waals surface area contributed by atoms with E-state index >= 15 is 0 Å². The second kappa shape index (κ2) is 8.33. The topological polar surface area (TPSA) is 75.7 Å². The standard InChI is InChI=1S/C21H21FN2O4S2/c1-2-28-17-9-8-14(12-20(17)30(26,27)24-10-3-4-11-24)23-21(25)19-13-15-16(22)6-5-7-18(15)29-19/h5-9,12-13H,2-4,10-11H2,1H3,(H,23,25). The number of ether oxygens (including phenoxy) is 1. The van der Waals surface area contributed by atoms with E-state index in [2.05, 4.69) is 5.32 Å². The summed E-state index contributed by atoms with van der Waals surface area (Å²) in [5, 5.41) is 3.11. The number of amides is 1. The fraction of sp³-hybridized carbons (Fsp3) is 0.286. The minimum absolute atomic E-state index is 0.0337. The van der Waals surface area contributed by atoms with Crippen LogP contribution in [0.2, 0.25) is 0 Å². The lowest BCUT2D eigenvalue weighted by atomic mass is 10.2. The molecule has 1 aliphatic heterocycles. The molecule has 0 radical (unpaired) electrons. The zero-order chi connectivity index (χ0) is 21.3. The van der Waals surface area contributed by atoms with Gasteiger partial charge in [-0.1, -0.05) is 6.07 Å². The second-order valence-corrected chi connectivity index (χ2v) is 9.91. The zero-order valence-corrected chi connectivity index (χ0v) is 18.0. The monoisotopic (exact) mass is 448 g/mol. The molecule has 0 aliphatic carbocycles. The molecule has 1 N–H and O–H groups in total. The van der Waals surface area contributed by atoms with Crippen molar-refractivity contribution in [2.45, 2.75) is 24.7 Å². The Labute approximate surface area is 178 Å². The zero-order valence-electron chi connectivity index (χ0n) is 16.4. The second-order valence-electron chi connectivity index (χ2n) is 6.92. The van der Waals surface area contributed by atoms with Crippen molar-refractivity contribution in [3.8, 4) is 5.75 Å². The first-order valence-electron chi connectivity index (χ1n) is 9.66. The number of carbonyl (C=O) groups excluding carboxylic acids is 1. The number of nitrogens with zero attached hydrogens (tertiary/aromatic N) is 1. The number of benzene rings is 2. The first-order valence-corrected chi connectivity index (χ1v) is 11.9. The van der Waals surface area contributed by atoms with E-state index in [9.17, 15) is 17.6 Å². The van der Waals surface area contributed by atoms with E-state index in [0.29, 0.717) is 40.3 Å². The molecule has 0 spiro atoms. The molecule has 30 heavy (non-hydrogen) atoms. The van der Waals surface area contributed by atoms with Gasteiger partial charge in [0, 0.05) is 28.9 Å². The van der Waals surface area contributed by atoms with Gasteiger partial charge >= 0.3 is 0 Å². The first-order chi connectivity index (χ1) is 14.4. The summed E-state index contributed by atoms with van der Waals surface area (Å²) in [6.07, 6.45) is 1.64. The van der Waals surface area contributed by atoms with Gasteiger partial charge in [0.25, 0.3) is 5.91 Å². The van der Waals surface area contributed by atoms with Gasteiger partial charge in [-0.3, -0.25) is 4.79 Å². The summed E-state index contributed by atoms with van der Waals surface area (Å²) in [7, 11) is -3.73. The number of nitrogens with one attached hydrogen (secondary N) is 1. The molecule has 0 unspecified atom stereocenters. The van der Waals surface area contributed by atoms with Crippen LogP contribution in [0.25, 0.3) is 10.1 Å². The molecule has 2 aromatic carbocycles. The number of rotatable bonds is 6. The molecular formula is C21H21FN2O4S2. The van der Waals surface area contributed by atoms with Gasteiger partial charge in [0.2, 0.25) is 10.0 Å². The van der Waals surface area contributed by atoms with Crippen molar-refractivity contribution in [3.63, 3.8) is 0 Å². The third-order valence-corrected chi connectivity index (χ3v) is 7.94. The van der Waals surface area contributed by atoms with Crippen LogP contribution in [-0.2, 0) is 10.0 Å². The molecule has 1 saturated heterocycles. The van der Waals surface area contributed by atoms with Gasteiger partial charge in [-0.2, -0.15) is 4.31 Å². The average Bonchev–Trinajstić information content (AvgIpc) is 3.40. The minimum atomic E-state index is -3.73. The number of hydrogen-bond acceptors (Lipinski definition) is 5. The van der Waals surface area contributed by atoms with Crippen molar-refractivity contribution in [1.82, 2.24) is 4.31 Å². The van der Waals surface area contributed by atoms with E-state index in [1.165, 1.54) is 33.8 Å². The molecular weight excluding hydrogens is 427 g/mol. The summed E-state index contributed by atoms with van der Waals surface area (Å²) in [6, 6.07) is 10.8. The van der Waals surface area contributed by atoms with Crippen molar-refractivity contribution < 1.29 is 22.3 Å². The van der Waals surface area contributed by atoms with Gasteiger partial charge in [0.1, 0.15) is 16.5 Å². The van der Waals surface area contributed by atoms with E-state index in [1.807, 2.05) is 0 Å². The number of sulfonamides is 1. The molecule has 1 aliphatic rings. The molecule has 0 saturated carbocycles. The Kier molecular flexibility index (Phi) is 5.77. The normalized spacial score (nSPS) is 14.9. The van der Waals surface area contributed by atoms with Gasteiger partial charge in [0.15, 0.2) is 0 Å². The Morgan fingerprint density at radius 3 is 2.67 bits per heavy atom. The lowest BCUT2D eigenvalue weighted by Gasteiger charge is -2.19. The minimum Gasteiger partial charge on any atom is -0.492 e. The number of fused-ring (bicyclic) bond motifs is 1. The number of halogens is 1. The van der Waals surface area contributed by atoms with E-state index in [4.69, 9.17) is 4.74 Å². The molecule has 6 nitrogen and oxygen atoms in total. The number of hydrogen-bond donors (Lipinski definition) is 1. The molecule has 0 bridgehead atoms. The van der Waals surface area contributed by atoms with E-state index in [-0.39, 0.29) is 16.5 Å². The predicted octanol–water partition coefficient (Wildman–Crippen LogP) is 4.48. The average molecular weight is 449 g/mol. The molecule has 4 rings (SSSR count). The van der Waals surface area contributed by atoms with Gasteiger partial charge < -0.3 is 10.1 Å². The smallest absolute Gasteiger partial charge is 0.265 e. The van der Waals surface area contributed by atoms with Crippen LogP contribution in [0.15, 0.2) is 47.4 Å². The third-order valence-electron chi connectivity index (χ3n) is 4.92. The predicted molar refractivity (Wildman–Crippen MR) is 115 cm³/mol. The summed E-state index contributed by atoms with van der Waals surface area (Å²) in [4.78, 5) is 13.1. The van der Waals surface area contributed by atoms with Crippen LogP contribution in [0.5, 0.6) is 5.75 Å². The van der Waals surface area contributed by atoms with Crippen LogP contribution in [0, 0.1) is 5.82 Å². The lowest BCUT2D eigenvalue weighted by molar-refractivity contribution is 0.103. The summed E-state index contributed by atoms with van der Waals surface area (Å²) < 4.78 is 47.7. The summed E-state index contributed by atoms with van der Waals surface area (Å²) in [5.41, 5.74) is 0.333. The Morgan fingerprint density at radius 1 is 1.20 bits per heavy atom. The Hall–Kier alpha value is -2.49. The maximum atomic E-state index is 13.9. The SMILES string of the molecule is CCOc1ccc(NC(=O)c2cc3c(F)cccc3s2)cc1S(=O)(=O)N1CCCC1. The maximum absolute atomic E-state index is 13.9. The number of carbonyl (C=O) groups is 1. The van der Waals surface area contributed by atoms with E-state index in [0.717, 1.165) is 12.8 Å². The highest BCUT2D eigenvalue weighted by Gasteiger charge is 2.30. The van der Waals surface area contributed by atoms with Crippen molar-refractivity contribution in [2.75, 3.05) is 25.0 Å². The molecule has 1 fully saturated rings. The highest BCUT2D eigenvalue weighted by Crippen LogP contribution is 2.33. The molecule has 3 aromatic rings. The van der Waals surface area contributed by atoms with Crippen LogP contribution in [0.4, 0.5) is 10.1 Å². The Bertz CT molecular complexity index is 1200. The molecule has 158 valence electrons. The molecule has 0 atom stereocenters. The molecule has 2 heterocycles. The fourth-order valence-electron chi connectivity index (χ4n) is 3.46. The summed E-state index contributed by atoms with van der Waals surface area (Å²) in [5.74, 6) is -0.557. The summed E-state index contributed by atoms with van der Waals surface area (Å²) in [6.45, 7) is 3.04. The first kappa shape index (κ1) is 20.8. The number of anilines is 1. The van der Waals surface area contributed by atoms with Crippen molar-refractivity contribution in [1.29, 1.82) is 0 Å². The number of thiophene rings is 1. The van der Waals surface area contributed by atoms with Crippen LogP contribution in [-0.4, -0.2) is 38.3 Å². The van der Waals surface area contributed by atoms with Gasteiger partial charge in [0.05, 0.1) is 11.5 Å². The maximum Gasteiger partial charge on any atom is 0.265 e. The molecule has 9 heteroatoms. The lowest BCUT2D eigenvalue weighted by Crippen LogP contribution is -2.28. The Morgan fingerprint density at radius 2 is 1.97 bits per heavy atom. The van der Waals surface area contributed by atoms with Gasteiger partial charge in [-0.05, 0) is 56.2 Å². The Balaban J connectivity index is 1.65. The highest BCUT2D eigenvalue weighted by atomic mass is 32.2. The quantitative estimate of drug-likeness (QED) is 0.603. The van der Waals surface area contributed by atoms with Crippen LogP contribution in [0.3, 0.4) is 0 Å².